The highest BCUT2D eigenvalue weighted by Gasteiger charge is 2.30. The van der Waals surface area contributed by atoms with Crippen molar-refractivity contribution in [3.05, 3.63) is 52.1 Å². The molecule has 1 fully saturated rings. The van der Waals surface area contributed by atoms with E-state index in [4.69, 9.17) is 27.9 Å². The number of carbonyl (C=O) groups excluding carboxylic acids is 1. The van der Waals surface area contributed by atoms with Gasteiger partial charge >= 0.3 is 0 Å². The maximum absolute atomic E-state index is 14.6. The first-order valence-corrected chi connectivity index (χ1v) is 11.1. The van der Waals surface area contributed by atoms with Crippen LogP contribution in [-0.2, 0) is 11.3 Å². The average Bonchev–Trinajstić information content (AvgIpc) is 3.07. The van der Waals surface area contributed by atoms with Crippen LogP contribution in [-0.4, -0.2) is 63.3 Å². The Balaban J connectivity index is 1.51. The second-order valence-corrected chi connectivity index (χ2v) is 8.58. The lowest BCUT2D eigenvalue weighted by atomic mass is 10.1. The molecular weight excluding hydrogens is 470 g/mol. The minimum absolute atomic E-state index is 0.00534. The Morgan fingerprint density at radius 3 is 2.64 bits per heavy atom. The van der Waals surface area contributed by atoms with E-state index >= 15 is 0 Å². The van der Waals surface area contributed by atoms with Gasteiger partial charge in [0, 0.05) is 44.1 Å². The standard InChI is InChI=1S/C22H23Cl2FN6O2/c1-13-11-29(17-10-18(33-3)15(23)9-16(17)25)7-8-30(13)19(32)12-31-21(20(24)14(2)28-31)22-26-5-4-6-27-22/h4-6,9-10,13H,7-8,11-12H2,1-3H3/t13-/m0/s1. The number of anilines is 1. The summed E-state index contributed by atoms with van der Waals surface area (Å²) in [6.07, 6.45) is 3.22. The van der Waals surface area contributed by atoms with Gasteiger partial charge in [0.2, 0.25) is 5.91 Å². The molecule has 174 valence electrons. The Morgan fingerprint density at radius 1 is 1.24 bits per heavy atom. The van der Waals surface area contributed by atoms with E-state index in [9.17, 15) is 9.18 Å². The number of nitrogens with zero attached hydrogens (tertiary/aromatic N) is 6. The molecule has 1 amide bonds. The van der Waals surface area contributed by atoms with Gasteiger partial charge in [-0.15, -0.1) is 0 Å². The molecule has 11 heteroatoms. The molecule has 0 N–H and O–H groups in total. The van der Waals surface area contributed by atoms with Crippen molar-refractivity contribution < 1.29 is 13.9 Å². The van der Waals surface area contributed by atoms with Crippen LogP contribution in [0.2, 0.25) is 10.0 Å². The number of halogens is 3. The maximum atomic E-state index is 14.6. The van der Waals surface area contributed by atoms with E-state index in [1.54, 1.807) is 36.4 Å². The molecule has 1 aliphatic heterocycles. The second-order valence-electron chi connectivity index (χ2n) is 7.80. The van der Waals surface area contributed by atoms with Gasteiger partial charge < -0.3 is 14.5 Å². The summed E-state index contributed by atoms with van der Waals surface area (Å²) in [5.74, 6) is 0.260. The molecule has 1 atom stereocenters. The van der Waals surface area contributed by atoms with E-state index in [1.807, 2.05) is 11.8 Å². The lowest BCUT2D eigenvalue weighted by molar-refractivity contribution is -0.134. The number of rotatable bonds is 5. The van der Waals surface area contributed by atoms with Crippen LogP contribution >= 0.6 is 23.2 Å². The molecule has 0 aliphatic carbocycles. The minimum Gasteiger partial charge on any atom is -0.495 e. The fourth-order valence-electron chi connectivity index (χ4n) is 3.99. The molecule has 0 bridgehead atoms. The van der Waals surface area contributed by atoms with Crippen LogP contribution in [0.1, 0.15) is 12.6 Å². The third kappa shape index (κ3) is 4.60. The molecule has 0 spiro atoms. The summed E-state index contributed by atoms with van der Waals surface area (Å²) in [5, 5.41) is 5.05. The zero-order valence-electron chi connectivity index (χ0n) is 18.4. The third-order valence-electron chi connectivity index (χ3n) is 5.63. The van der Waals surface area contributed by atoms with Crippen LogP contribution in [0.15, 0.2) is 30.6 Å². The molecule has 33 heavy (non-hydrogen) atoms. The van der Waals surface area contributed by atoms with Gasteiger partial charge in [-0.3, -0.25) is 9.48 Å². The molecule has 1 saturated heterocycles. The summed E-state index contributed by atoms with van der Waals surface area (Å²) in [5.41, 5.74) is 1.50. The number of aryl methyl sites for hydroxylation is 1. The minimum atomic E-state index is -0.429. The van der Waals surface area contributed by atoms with Crippen LogP contribution in [0.3, 0.4) is 0 Å². The summed E-state index contributed by atoms with van der Waals surface area (Å²) in [6, 6.07) is 4.38. The van der Waals surface area contributed by atoms with Gasteiger partial charge in [0.25, 0.3) is 0 Å². The van der Waals surface area contributed by atoms with E-state index in [0.29, 0.717) is 53.3 Å². The van der Waals surface area contributed by atoms with Gasteiger partial charge in [-0.05, 0) is 26.0 Å². The molecule has 8 nitrogen and oxygen atoms in total. The third-order valence-corrected chi connectivity index (χ3v) is 6.37. The van der Waals surface area contributed by atoms with Gasteiger partial charge in [-0.2, -0.15) is 5.10 Å². The van der Waals surface area contributed by atoms with E-state index < -0.39 is 5.82 Å². The van der Waals surface area contributed by atoms with Gasteiger partial charge in [-0.1, -0.05) is 23.2 Å². The number of methoxy groups -OCH3 is 1. The largest absolute Gasteiger partial charge is 0.495 e. The van der Waals surface area contributed by atoms with E-state index in [1.165, 1.54) is 17.9 Å². The number of carbonyl (C=O) groups is 1. The fraction of sp³-hybridized carbons (Fsp3) is 0.364. The number of aromatic nitrogens is 4. The van der Waals surface area contributed by atoms with Crippen molar-refractivity contribution in [2.24, 2.45) is 0 Å². The van der Waals surface area contributed by atoms with Gasteiger partial charge in [-0.25, -0.2) is 14.4 Å². The monoisotopic (exact) mass is 492 g/mol. The SMILES string of the molecule is COc1cc(N2CCN(C(=O)Cn3nc(C)c(Cl)c3-c3ncccn3)[C@@H](C)C2)c(F)cc1Cl. The first-order valence-electron chi connectivity index (χ1n) is 10.4. The molecule has 4 rings (SSSR count). The van der Waals surface area contributed by atoms with Crippen molar-refractivity contribution in [2.75, 3.05) is 31.6 Å². The fourth-order valence-corrected chi connectivity index (χ4v) is 4.44. The summed E-state index contributed by atoms with van der Waals surface area (Å²) in [6.45, 7) is 5.04. The quantitative estimate of drug-likeness (QED) is 0.538. The Labute approximate surface area is 200 Å². The highest BCUT2D eigenvalue weighted by Crippen LogP contribution is 2.33. The molecule has 1 aromatic carbocycles. The van der Waals surface area contributed by atoms with E-state index in [2.05, 4.69) is 15.1 Å². The van der Waals surface area contributed by atoms with Gasteiger partial charge in [0.05, 0.1) is 28.5 Å². The number of ether oxygens (including phenoxy) is 1. The first kappa shape index (κ1) is 23.3. The Bertz CT molecular complexity index is 1170. The molecule has 1 aliphatic rings. The highest BCUT2D eigenvalue weighted by atomic mass is 35.5. The van der Waals surface area contributed by atoms with Crippen LogP contribution in [0.5, 0.6) is 5.75 Å². The Kier molecular flexibility index (Phi) is 6.71. The number of benzene rings is 1. The molecule has 0 radical (unpaired) electrons. The predicted octanol–water partition coefficient (Wildman–Crippen LogP) is 3.84. The lowest BCUT2D eigenvalue weighted by Crippen LogP contribution is -2.55. The zero-order chi connectivity index (χ0) is 23.7. The highest BCUT2D eigenvalue weighted by molar-refractivity contribution is 6.33. The lowest BCUT2D eigenvalue weighted by Gasteiger charge is -2.41. The van der Waals surface area contributed by atoms with E-state index in [-0.39, 0.29) is 23.5 Å². The zero-order valence-corrected chi connectivity index (χ0v) is 19.9. The predicted molar refractivity (Wildman–Crippen MR) is 124 cm³/mol. The smallest absolute Gasteiger partial charge is 0.244 e. The van der Waals surface area contributed by atoms with Crippen molar-refractivity contribution in [3.8, 4) is 17.3 Å². The van der Waals surface area contributed by atoms with Crippen molar-refractivity contribution in [1.29, 1.82) is 0 Å². The van der Waals surface area contributed by atoms with Gasteiger partial charge in [0.15, 0.2) is 5.82 Å². The number of hydrogen-bond acceptors (Lipinski definition) is 6. The Hall–Kier alpha value is -2.91. The molecular formula is C22H23Cl2FN6O2. The molecule has 0 unspecified atom stereocenters. The van der Waals surface area contributed by atoms with Crippen LogP contribution in [0, 0.1) is 12.7 Å². The summed E-state index contributed by atoms with van der Waals surface area (Å²) < 4.78 is 21.3. The number of piperazine rings is 1. The van der Waals surface area contributed by atoms with E-state index in [0.717, 1.165) is 0 Å². The Morgan fingerprint density at radius 2 is 1.97 bits per heavy atom. The summed E-state index contributed by atoms with van der Waals surface area (Å²) in [4.78, 5) is 25.3. The topological polar surface area (TPSA) is 76.4 Å². The van der Waals surface area contributed by atoms with Crippen molar-refractivity contribution in [3.63, 3.8) is 0 Å². The van der Waals surface area contributed by atoms with Crippen LogP contribution in [0.25, 0.3) is 11.5 Å². The normalized spacial score (nSPS) is 16.2. The van der Waals surface area contributed by atoms with Gasteiger partial charge in [0.1, 0.15) is 23.8 Å². The number of hydrogen-bond donors (Lipinski definition) is 0. The van der Waals surface area contributed by atoms with Crippen LogP contribution in [0.4, 0.5) is 10.1 Å². The summed E-state index contributed by atoms with van der Waals surface area (Å²) in [7, 11) is 1.49. The number of amides is 1. The van der Waals surface area contributed by atoms with Crippen molar-refractivity contribution in [2.45, 2.75) is 26.4 Å². The first-order chi connectivity index (χ1) is 15.8. The summed E-state index contributed by atoms with van der Waals surface area (Å²) >= 11 is 12.5. The van der Waals surface area contributed by atoms with Crippen LogP contribution < -0.4 is 9.64 Å². The molecule has 3 heterocycles. The molecule has 2 aromatic heterocycles. The molecule has 3 aromatic rings. The van der Waals surface area contributed by atoms with Crippen molar-refractivity contribution >= 4 is 34.8 Å². The maximum Gasteiger partial charge on any atom is 0.244 e. The van der Waals surface area contributed by atoms with Crippen molar-refractivity contribution in [1.82, 2.24) is 24.6 Å². The molecule has 0 saturated carbocycles. The average molecular weight is 493 g/mol. The second kappa shape index (κ2) is 9.52.